The van der Waals surface area contributed by atoms with Crippen molar-refractivity contribution in [3.63, 3.8) is 0 Å². The summed E-state index contributed by atoms with van der Waals surface area (Å²) in [5, 5.41) is 15.2. The van der Waals surface area contributed by atoms with Crippen LogP contribution in [0.15, 0.2) is 42.5 Å². The predicted molar refractivity (Wildman–Crippen MR) is 94.4 cm³/mol. The first-order chi connectivity index (χ1) is 12.1. The molecule has 0 spiro atoms. The lowest BCUT2D eigenvalue weighted by atomic mass is 9.80. The highest BCUT2D eigenvalue weighted by atomic mass is 19.1. The highest BCUT2D eigenvalue weighted by Gasteiger charge is 2.29. The van der Waals surface area contributed by atoms with E-state index in [1.54, 1.807) is 6.07 Å². The third-order valence-electron chi connectivity index (χ3n) is 4.92. The van der Waals surface area contributed by atoms with Crippen molar-refractivity contribution < 1.29 is 14.3 Å². The van der Waals surface area contributed by atoms with Gasteiger partial charge in [0.15, 0.2) is 0 Å². The number of hydrogen-bond acceptors (Lipinski definition) is 2. The summed E-state index contributed by atoms with van der Waals surface area (Å²) in [5.41, 5.74) is 3.24. The molecule has 3 rings (SSSR count). The van der Waals surface area contributed by atoms with Crippen LogP contribution in [0.2, 0.25) is 0 Å². The molecule has 2 aromatic carbocycles. The SMILES string of the molecule is CC1CCc2c(F)cccc2C1NC(=O)NCc1ccccc1CO. The standard InChI is InChI=1S/C20H23FN2O2/c1-13-9-10-16-17(7-4-8-18(16)21)19(13)23-20(25)22-11-14-5-2-3-6-15(14)12-24/h2-8,13,19,24H,9-12H2,1H3,(H2,22,23,25). The number of hydrogen-bond donors (Lipinski definition) is 3. The Kier molecular flexibility index (Phi) is 5.34. The quantitative estimate of drug-likeness (QED) is 0.797. The third kappa shape index (κ3) is 3.82. The lowest BCUT2D eigenvalue weighted by Crippen LogP contribution is -2.41. The summed E-state index contributed by atoms with van der Waals surface area (Å²) >= 11 is 0. The zero-order valence-corrected chi connectivity index (χ0v) is 14.3. The number of nitrogens with one attached hydrogen (secondary N) is 2. The van der Waals surface area contributed by atoms with E-state index < -0.39 is 0 Å². The maximum atomic E-state index is 14.0. The molecule has 25 heavy (non-hydrogen) atoms. The number of fused-ring (bicyclic) bond motifs is 1. The Bertz CT molecular complexity index is 763. The summed E-state index contributed by atoms with van der Waals surface area (Å²) in [4.78, 5) is 12.3. The van der Waals surface area contributed by atoms with E-state index in [2.05, 4.69) is 17.6 Å². The van der Waals surface area contributed by atoms with E-state index in [0.717, 1.165) is 23.1 Å². The van der Waals surface area contributed by atoms with Crippen LogP contribution in [0.5, 0.6) is 0 Å². The Morgan fingerprint density at radius 3 is 2.72 bits per heavy atom. The van der Waals surface area contributed by atoms with Gasteiger partial charge in [0.05, 0.1) is 12.6 Å². The minimum Gasteiger partial charge on any atom is -0.392 e. The van der Waals surface area contributed by atoms with E-state index in [1.165, 1.54) is 6.07 Å². The number of carbonyl (C=O) groups excluding carboxylic acids is 1. The van der Waals surface area contributed by atoms with Crippen molar-refractivity contribution in [1.82, 2.24) is 10.6 Å². The highest BCUT2D eigenvalue weighted by molar-refractivity contribution is 5.74. The fourth-order valence-electron chi connectivity index (χ4n) is 3.45. The molecule has 2 atom stereocenters. The molecule has 1 aliphatic carbocycles. The Labute approximate surface area is 147 Å². The van der Waals surface area contributed by atoms with E-state index in [-0.39, 0.29) is 30.4 Å². The summed E-state index contributed by atoms with van der Waals surface area (Å²) in [6.45, 7) is 2.34. The number of rotatable bonds is 4. The van der Waals surface area contributed by atoms with Crippen LogP contribution in [0.3, 0.4) is 0 Å². The van der Waals surface area contributed by atoms with Crippen molar-refractivity contribution in [2.75, 3.05) is 0 Å². The minimum atomic E-state index is -0.290. The molecule has 0 aliphatic heterocycles. The molecular weight excluding hydrogens is 319 g/mol. The van der Waals surface area contributed by atoms with Crippen LogP contribution in [0.4, 0.5) is 9.18 Å². The molecule has 0 saturated carbocycles. The van der Waals surface area contributed by atoms with Gasteiger partial charge < -0.3 is 15.7 Å². The van der Waals surface area contributed by atoms with Gasteiger partial charge in [-0.15, -0.1) is 0 Å². The fourth-order valence-corrected chi connectivity index (χ4v) is 3.45. The molecule has 2 unspecified atom stereocenters. The smallest absolute Gasteiger partial charge is 0.315 e. The molecule has 0 heterocycles. The zero-order valence-electron chi connectivity index (χ0n) is 14.3. The average molecular weight is 342 g/mol. The molecule has 0 fully saturated rings. The Morgan fingerprint density at radius 1 is 1.20 bits per heavy atom. The van der Waals surface area contributed by atoms with Crippen molar-refractivity contribution in [3.05, 3.63) is 70.5 Å². The summed E-state index contributed by atoms with van der Waals surface area (Å²) in [6.07, 6.45) is 1.54. The summed E-state index contributed by atoms with van der Waals surface area (Å²) in [5.74, 6) is 0.0401. The van der Waals surface area contributed by atoms with Gasteiger partial charge in [0, 0.05) is 6.54 Å². The Hall–Kier alpha value is -2.40. The number of aliphatic hydroxyl groups excluding tert-OH is 1. The summed E-state index contributed by atoms with van der Waals surface area (Å²) in [6, 6.07) is 12.0. The van der Waals surface area contributed by atoms with Crippen LogP contribution >= 0.6 is 0 Å². The number of aliphatic hydroxyl groups is 1. The van der Waals surface area contributed by atoms with Gasteiger partial charge in [0.25, 0.3) is 0 Å². The molecule has 0 bridgehead atoms. The van der Waals surface area contributed by atoms with Crippen molar-refractivity contribution in [1.29, 1.82) is 0 Å². The second kappa shape index (κ2) is 7.66. The summed E-state index contributed by atoms with van der Waals surface area (Å²) < 4.78 is 14.0. The normalized spacial score (nSPS) is 19.2. The lowest BCUT2D eigenvalue weighted by molar-refractivity contribution is 0.228. The van der Waals surface area contributed by atoms with Gasteiger partial charge >= 0.3 is 6.03 Å². The van der Waals surface area contributed by atoms with Crippen LogP contribution in [-0.4, -0.2) is 11.1 Å². The van der Waals surface area contributed by atoms with Crippen molar-refractivity contribution >= 4 is 6.03 Å². The fraction of sp³-hybridized carbons (Fsp3) is 0.350. The first-order valence-electron chi connectivity index (χ1n) is 8.59. The van der Waals surface area contributed by atoms with Gasteiger partial charge in [-0.2, -0.15) is 0 Å². The van der Waals surface area contributed by atoms with Gasteiger partial charge in [0.1, 0.15) is 5.82 Å². The molecule has 132 valence electrons. The summed E-state index contributed by atoms with van der Waals surface area (Å²) in [7, 11) is 0. The number of halogens is 1. The largest absolute Gasteiger partial charge is 0.392 e. The molecule has 1 aliphatic rings. The maximum Gasteiger partial charge on any atom is 0.315 e. The van der Waals surface area contributed by atoms with Crippen molar-refractivity contribution in [2.45, 2.75) is 39.0 Å². The lowest BCUT2D eigenvalue weighted by Gasteiger charge is -2.32. The minimum absolute atomic E-state index is 0.0637. The van der Waals surface area contributed by atoms with E-state index in [9.17, 15) is 14.3 Å². The molecule has 0 radical (unpaired) electrons. The molecule has 0 aromatic heterocycles. The Balaban J connectivity index is 1.68. The zero-order chi connectivity index (χ0) is 17.8. The second-order valence-electron chi connectivity index (χ2n) is 6.56. The maximum absolute atomic E-state index is 14.0. The van der Waals surface area contributed by atoms with Gasteiger partial charge in [0.2, 0.25) is 0 Å². The molecule has 0 saturated heterocycles. The molecular formula is C20H23FN2O2. The first kappa shape index (κ1) is 17.4. The van der Waals surface area contributed by atoms with E-state index in [0.29, 0.717) is 18.5 Å². The number of urea groups is 1. The van der Waals surface area contributed by atoms with Crippen LogP contribution in [0.1, 0.15) is 41.6 Å². The number of carbonyl (C=O) groups is 1. The molecule has 4 nitrogen and oxygen atoms in total. The van der Waals surface area contributed by atoms with Crippen molar-refractivity contribution in [2.24, 2.45) is 5.92 Å². The van der Waals surface area contributed by atoms with Crippen LogP contribution in [-0.2, 0) is 19.6 Å². The van der Waals surface area contributed by atoms with Gasteiger partial charge in [-0.3, -0.25) is 0 Å². The Morgan fingerprint density at radius 2 is 1.96 bits per heavy atom. The van der Waals surface area contributed by atoms with Crippen LogP contribution in [0.25, 0.3) is 0 Å². The number of amides is 2. The van der Waals surface area contributed by atoms with Gasteiger partial charge in [-0.05, 0) is 47.1 Å². The molecule has 2 amide bonds. The molecule has 5 heteroatoms. The monoisotopic (exact) mass is 342 g/mol. The first-order valence-corrected chi connectivity index (χ1v) is 8.59. The molecule has 2 aromatic rings. The van der Waals surface area contributed by atoms with E-state index >= 15 is 0 Å². The number of benzene rings is 2. The van der Waals surface area contributed by atoms with Crippen LogP contribution < -0.4 is 10.6 Å². The van der Waals surface area contributed by atoms with E-state index in [4.69, 9.17) is 0 Å². The third-order valence-corrected chi connectivity index (χ3v) is 4.92. The topological polar surface area (TPSA) is 61.4 Å². The predicted octanol–water partition coefficient (Wildman–Crippen LogP) is 3.44. The average Bonchev–Trinajstić information content (AvgIpc) is 2.63. The van der Waals surface area contributed by atoms with Crippen LogP contribution in [0, 0.1) is 11.7 Å². The van der Waals surface area contributed by atoms with Crippen molar-refractivity contribution in [3.8, 4) is 0 Å². The second-order valence-corrected chi connectivity index (χ2v) is 6.56. The highest BCUT2D eigenvalue weighted by Crippen LogP contribution is 2.35. The molecule has 3 N–H and O–H groups in total. The van der Waals surface area contributed by atoms with Gasteiger partial charge in [-0.1, -0.05) is 43.3 Å². The van der Waals surface area contributed by atoms with Gasteiger partial charge in [-0.25, -0.2) is 9.18 Å². The van der Waals surface area contributed by atoms with E-state index in [1.807, 2.05) is 30.3 Å².